The fraction of sp³-hybridized carbons (Fsp3) is 0.870. The molecular formula is C23H44O2. The number of hydrogen-bond donors (Lipinski definition) is 0. The Morgan fingerprint density at radius 1 is 0.960 bits per heavy atom. The van der Waals surface area contributed by atoms with E-state index >= 15 is 0 Å². The lowest BCUT2D eigenvalue weighted by Crippen LogP contribution is -2.19. The summed E-state index contributed by atoms with van der Waals surface area (Å²) in [7, 11) is 0. The first-order valence-corrected chi connectivity index (χ1v) is 10.7. The SMILES string of the molecule is C=C(CC(C)(C)CCCCCCCC)C(=O)OCC(CC)CCCC. The quantitative estimate of drug-likeness (QED) is 0.164. The van der Waals surface area contributed by atoms with Crippen LogP contribution in [0, 0.1) is 11.3 Å². The molecule has 0 saturated carbocycles. The second kappa shape index (κ2) is 14.4. The average Bonchev–Trinajstić information content (AvgIpc) is 2.57. The van der Waals surface area contributed by atoms with Crippen LogP contribution in [-0.4, -0.2) is 12.6 Å². The predicted molar refractivity (Wildman–Crippen MR) is 110 cm³/mol. The van der Waals surface area contributed by atoms with E-state index in [1.165, 1.54) is 51.4 Å². The minimum absolute atomic E-state index is 0.132. The highest BCUT2D eigenvalue weighted by atomic mass is 16.5. The van der Waals surface area contributed by atoms with Crippen LogP contribution in [0.1, 0.15) is 112 Å². The Kier molecular flexibility index (Phi) is 13.9. The van der Waals surface area contributed by atoms with Gasteiger partial charge in [0.1, 0.15) is 0 Å². The number of carbonyl (C=O) groups is 1. The van der Waals surface area contributed by atoms with Crippen LogP contribution in [0.25, 0.3) is 0 Å². The molecule has 0 aromatic heterocycles. The molecule has 0 bridgehead atoms. The number of rotatable bonds is 16. The van der Waals surface area contributed by atoms with E-state index in [0.29, 0.717) is 18.1 Å². The Labute approximate surface area is 157 Å². The smallest absolute Gasteiger partial charge is 0.333 e. The summed E-state index contributed by atoms with van der Waals surface area (Å²) in [5.41, 5.74) is 0.772. The topological polar surface area (TPSA) is 26.3 Å². The Morgan fingerprint density at radius 3 is 2.16 bits per heavy atom. The third kappa shape index (κ3) is 13.1. The summed E-state index contributed by atoms with van der Waals surface area (Å²) in [4.78, 5) is 12.2. The molecule has 0 aliphatic carbocycles. The monoisotopic (exact) mass is 352 g/mol. The molecule has 0 aromatic carbocycles. The second-order valence-corrected chi connectivity index (χ2v) is 8.48. The Hall–Kier alpha value is -0.790. The molecule has 0 heterocycles. The van der Waals surface area contributed by atoms with Gasteiger partial charge < -0.3 is 4.74 Å². The standard InChI is InChI=1S/C23H44O2/c1-7-10-12-13-14-15-17-23(5,6)18-20(4)22(24)25-19-21(9-3)16-11-8-2/h21H,4,7-19H2,1-3,5-6H3. The van der Waals surface area contributed by atoms with Gasteiger partial charge in [-0.05, 0) is 30.6 Å². The molecule has 0 spiro atoms. The minimum Gasteiger partial charge on any atom is -0.462 e. The van der Waals surface area contributed by atoms with E-state index in [4.69, 9.17) is 4.74 Å². The molecule has 0 rings (SSSR count). The lowest BCUT2D eigenvalue weighted by Gasteiger charge is -2.25. The van der Waals surface area contributed by atoms with Crippen molar-refractivity contribution in [1.82, 2.24) is 0 Å². The summed E-state index contributed by atoms with van der Waals surface area (Å²) < 4.78 is 5.53. The summed E-state index contributed by atoms with van der Waals surface area (Å²) in [6.07, 6.45) is 14.4. The molecule has 1 atom stereocenters. The molecule has 0 radical (unpaired) electrons. The minimum atomic E-state index is -0.189. The zero-order valence-electron chi connectivity index (χ0n) is 17.8. The number of unbranched alkanes of at least 4 members (excludes halogenated alkanes) is 6. The summed E-state index contributed by atoms with van der Waals surface area (Å²) in [5.74, 6) is 0.304. The zero-order valence-corrected chi connectivity index (χ0v) is 17.8. The van der Waals surface area contributed by atoms with Gasteiger partial charge in [0.2, 0.25) is 0 Å². The van der Waals surface area contributed by atoms with Crippen molar-refractivity contribution >= 4 is 5.97 Å². The van der Waals surface area contributed by atoms with Crippen molar-refractivity contribution in [2.75, 3.05) is 6.61 Å². The molecular weight excluding hydrogens is 308 g/mol. The van der Waals surface area contributed by atoms with Gasteiger partial charge >= 0.3 is 5.97 Å². The molecule has 0 N–H and O–H groups in total. The normalized spacial score (nSPS) is 12.8. The molecule has 0 aromatic rings. The maximum Gasteiger partial charge on any atom is 0.333 e. The molecule has 0 saturated heterocycles. The van der Waals surface area contributed by atoms with E-state index in [-0.39, 0.29) is 11.4 Å². The Morgan fingerprint density at radius 2 is 1.56 bits per heavy atom. The first-order valence-electron chi connectivity index (χ1n) is 10.7. The number of carbonyl (C=O) groups excluding carboxylic acids is 1. The van der Waals surface area contributed by atoms with Crippen LogP contribution in [0.2, 0.25) is 0 Å². The van der Waals surface area contributed by atoms with Gasteiger partial charge in [-0.25, -0.2) is 4.79 Å². The van der Waals surface area contributed by atoms with E-state index in [0.717, 1.165) is 25.7 Å². The van der Waals surface area contributed by atoms with E-state index in [1.54, 1.807) is 0 Å². The highest BCUT2D eigenvalue weighted by molar-refractivity contribution is 5.87. The number of ether oxygens (including phenoxy) is 1. The zero-order chi connectivity index (χ0) is 19.1. The van der Waals surface area contributed by atoms with Crippen LogP contribution in [-0.2, 0) is 9.53 Å². The first-order chi connectivity index (χ1) is 11.9. The van der Waals surface area contributed by atoms with Crippen LogP contribution >= 0.6 is 0 Å². The van der Waals surface area contributed by atoms with Crippen LogP contribution < -0.4 is 0 Å². The highest BCUT2D eigenvalue weighted by Crippen LogP contribution is 2.31. The van der Waals surface area contributed by atoms with E-state index in [1.807, 2.05) is 0 Å². The summed E-state index contributed by atoms with van der Waals surface area (Å²) in [6.45, 7) is 15.7. The van der Waals surface area contributed by atoms with E-state index in [9.17, 15) is 4.79 Å². The van der Waals surface area contributed by atoms with Crippen LogP contribution in [0.4, 0.5) is 0 Å². The maximum absolute atomic E-state index is 12.2. The lowest BCUT2D eigenvalue weighted by atomic mass is 9.81. The summed E-state index contributed by atoms with van der Waals surface area (Å²) in [5, 5.41) is 0. The van der Waals surface area contributed by atoms with Gasteiger partial charge in [0.05, 0.1) is 6.61 Å². The predicted octanol–water partition coefficient (Wildman–Crippen LogP) is 7.47. The highest BCUT2D eigenvalue weighted by Gasteiger charge is 2.23. The van der Waals surface area contributed by atoms with Crippen molar-refractivity contribution in [1.29, 1.82) is 0 Å². The van der Waals surface area contributed by atoms with Gasteiger partial charge in [-0.2, -0.15) is 0 Å². The van der Waals surface area contributed by atoms with Gasteiger partial charge in [-0.1, -0.05) is 99.0 Å². The van der Waals surface area contributed by atoms with Crippen molar-refractivity contribution < 1.29 is 9.53 Å². The molecule has 0 fully saturated rings. The van der Waals surface area contributed by atoms with Gasteiger partial charge in [-0.15, -0.1) is 0 Å². The number of esters is 1. The van der Waals surface area contributed by atoms with Crippen LogP contribution in [0.5, 0.6) is 0 Å². The van der Waals surface area contributed by atoms with Gasteiger partial charge in [0.15, 0.2) is 0 Å². The summed E-state index contributed by atoms with van der Waals surface area (Å²) >= 11 is 0. The van der Waals surface area contributed by atoms with Crippen LogP contribution in [0.15, 0.2) is 12.2 Å². The molecule has 2 nitrogen and oxygen atoms in total. The molecule has 148 valence electrons. The molecule has 1 unspecified atom stereocenters. The molecule has 0 aliphatic heterocycles. The average molecular weight is 353 g/mol. The van der Waals surface area contributed by atoms with Crippen molar-refractivity contribution in [3.05, 3.63) is 12.2 Å². The van der Waals surface area contributed by atoms with Crippen molar-refractivity contribution in [3.63, 3.8) is 0 Å². The first kappa shape index (κ1) is 24.2. The Balaban J connectivity index is 4.07. The van der Waals surface area contributed by atoms with E-state index in [2.05, 4.69) is 41.2 Å². The van der Waals surface area contributed by atoms with Gasteiger partial charge in [-0.3, -0.25) is 0 Å². The second-order valence-electron chi connectivity index (χ2n) is 8.48. The molecule has 25 heavy (non-hydrogen) atoms. The lowest BCUT2D eigenvalue weighted by molar-refractivity contribution is -0.140. The largest absolute Gasteiger partial charge is 0.462 e. The van der Waals surface area contributed by atoms with Crippen molar-refractivity contribution in [2.45, 2.75) is 112 Å². The third-order valence-electron chi connectivity index (χ3n) is 5.18. The maximum atomic E-state index is 12.2. The number of hydrogen-bond acceptors (Lipinski definition) is 2. The van der Waals surface area contributed by atoms with Gasteiger partial charge in [0, 0.05) is 5.57 Å². The van der Waals surface area contributed by atoms with Gasteiger partial charge in [0.25, 0.3) is 0 Å². The molecule has 0 aliphatic rings. The molecule has 0 amide bonds. The third-order valence-corrected chi connectivity index (χ3v) is 5.18. The van der Waals surface area contributed by atoms with Crippen LogP contribution in [0.3, 0.4) is 0 Å². The molecule has 2 heteroatoms. The Bertz CT molecular complexity index is 357. The van der Waals surface area contributed by atoms with Crippen molar-refractivity contribution in [2.24, 2.45) is 11.3 Å². The summed E-state index contributed by atoms with van der Waals surface area (Å²) in [6, 6.07) is 0. The fourth-order valence-electron chi connectivity index (χ4n) is 3.32. The van der Waals surface area contributed by atoms with E-state index < -0.39 is 0 Å². The van der Waals surface area contributed by atoms with Crippen molar-refractivity contribution in [3.8, 4) is 0 Å². The fourth-order valence-corrected chi connectivity index (χ4v) is 3.32.